The summed E-state index contributed by atoms with van der Waals surface area (Å²) in [5.41, 5.74) is 1.10. The molecule has 19 heavy (non-hydrogen) atoms. The third-order valence-electron chi connectivity index (χ3n) is 4.60. The van der Waals surface area contributed by atoms with Crippen molar-refractivity contribution in [1.82, 2.24) is 4.90 Å². The highest BCUT2D eigenvalue weighted by molar-refractivity contribution is 7.80. The summed E-state index contributed by atoms with van der Waals surface area (Å²) in [6.07, 6.45) is 7.01. The molecule has 0 aromatic heterocycles. The fraction of sp³-hybridized carbons (Fsp3) is 0.562. The first-order valence-electron chi connectivity index (χ1n) is 7.44. The summed E-state index contributed by atoms with van der Waals surface area (Å²) < 4.78 is 0. The smallest absolute Gasteiger partial charge is 0.173 e. The van der Waals surface area contributed by atoms with Gasteiger partial charge in [0.1, 0.15) is 0 Å². The highest BCUT2D eigenvalue weighted by atomic mass is 32.1. The minimum atomic E-state index is 0.873. The zero-order valence-electron chi connectivity index (χ0n) is 11.3. The lowest BCUT2D eigenvalue weighted by Gasteiger charge is -2.42. The summed E-state index contributed by atoms with van der Waals surface area (Å²) in [4.78, 5) is 2.37. The van der Waals surface area contributed by atoms with Crippen molar-refractivity contribution >= 4 is 23.0 Å². The van der Waals surface area contributed by atoms with Crippen LogP contribution in [0.4, 0.5) is 5.69 Å². The second kappa shape index (κ2) is 5.91. The van der Waals surface area contributed by atoms with Gasteiger partial charge in [-0.2, -0.15) is 0 Å². The molecule has 1 aromatic rings. The molecular formula is C16H22N2S. The van der Waals surface area contributed by atoms with Gasteiger partial charge in [-0.3, -0.25) is 0 Å². The van der Waals surface area contributed by atoms with Crippen molar-refractivity contribution in [3.63, 3.8) is 0 Å². The molecule has 1 saturated heterocycles. The Morgan fingerprint density at radius 3 is 2.58 bits per heavy atom. The van der Waals surface area contributed by atoms with Crippen LogP contribution in [0.25, 0.3) is 0 Å². The molecule has 0 spiro atoms. The van der Waals surface area contributed by atoms with Crippen LogP contribution in [0.2, 0.25) is 0 Å². The monoisotopic (exact) mass is 274 g/mol. The molecule has 2 aliphatic rings. The largest absolute Gasteiger partial charge is 0.349 e. The van der Waals surface area contributed by atoms with Crippen molar-refractivity contribution in [3.05, 3.63) is 30.3 Å². The van der Waals surface area contributed by atoms with Crippen molar-refractivity contribution in [2.24, 2.45) is 11.8 Å². The fourth-order valence-electron chi connectivity index (χ4n) is 3.51. The van der Waals surface area contributed by atoms with Gasteiger partial charge in [0.05, 0.1) is 0 Å². The third kappa shape index (κ3) is 3.08. The lowest BCUT2D eigenvalue weighted by molar-refractivity contribution is 0.131. The molecular weight excluding hydrogens is 252 g/mol. The fourth-order valence-corrected chi connectivity index (χ4v) is 3.79. The molecule has 0 amide bonds. The summed E-state index contributed by atoms with van der Waals surface area (Å²) in [7, 11) is 0. The number of likely N-dealkylation sites (tertiary alicyclic amines) is 1. The molecule has 102 valence electrons. The van der Waals surface area contributed by atoms with Crippen LogP contribution in [0.5, 0.6) is 0 Å². The van der Waals surface area contributed by atoms with Crippen molar-refractivity contribution < 1.29 is 0 Å². The molecule has 1 aliphatic heterocycles. The quantitative estimate of drug-likeness (QED) is 0.782. The van der Waals surface area contributed by atoms with E-state index in [2.05, 4.69) is 22.3 Å². The van der Waals surface area contributed by atoms with Crippen LogP contribution in [-0.2, 0) is 0 Å². The second-order valence-electron chi connectivity index (χ2n) is 5.84. The molecule has 0 bridgehead atoms. The lowest BCUT2D eigenvalue weighted by Crippen LogP contribution is -2.46. The molecule has 1 aromatic carbocycles. The number of benzene rings is 1. The molecule has 3 rings (SSSR count). The van der Waals surface area contributed by atoms with Crippen LogP contribution in [0.1, 0.15) is 32.1 Å². The normalized spacial score (nSPS) is 26.6. The van der Waals surface area contributed by atoms with E-state index in [0.717, 1.165) is 35.7 Å². The van der Waals surface area contributed by atoms with Gasteiger partial charge >= 0.3 is 0 Å². The van der Waals surface area contributed by atoms with E-state index in [-0.39, 0.29) is 0 Å². The maximum atomic E-state index is 5.56. The Labute approximate surface area is 121 Å². The Balaban J connectivity index is 1.59. The van der Waals surface area contributed by atoms with Gasteiger partial charge in [-0.05, 0) is 49.0 Å². The molecule has 2 fully saturated rings. The summed E-state index contributed by atoms with van der Waals surface area (Å²) in [6, 6.07) is 10.2. The number of para-hydroxylation sites is 1. The minimum Gasteiger partial charge on any atom is -0.349 e. The first kappa shape index (κ1) is 12.9. The average molecular weight is 274 g/mol. The standard InChI is InChI=1S/C16H22N2S/c19-16(17-15-8-2-1-3-9-15)18-11-10-13-6-4-5-7-14(13)12-18/h1-3,8-9,13-14H,4-7,10-12H2,(H,17,19)/t13-,14+/m1/s1. The van der Waals surface area contributed by atoms with Gasteiger partial charge in [0, 0.05) is 18.8 Å². The molecule has 1 N–H and O–H groups in total. The van der Waals surface area contributed by atoms with E-state index in [1.165, 1.54) is 32.1 Å². The van der Waals surface area contributed by atoms with Crippen LogP contribution >= 0.6 is 12.2 Å². The Kier molecular flexibility index (Phi) is 4.02. The Morgan fingerprint density at radius 2 is 1.79 bits per heavy atom. The van der Waals surface area contributed by atoms with Crippen molar-refractivity contribution in [2.75, 3.05) is 18.4 Å². The van der Waals surface area contributed by atoms with E-state index in [0.29, 0.717) is 0 Å². The number of rotatable bonds is 1. The molecule has 1 heterocycles. The molecule has 0 unspecified atom stereocenters. The van der Waals surface area contributed by atoms with Gasteiger partial charge in [0.15, 0.2) is 5.11 Å². The van der Waals surface area contributed by atoms with Crippen LogP contribution in [0.15, 0.2) is 30.3 Å². The van der Waals surface area contributed by atoms with E-state index >= 15 is 0 Å². The maximum Gasteiger partial charge on any atom is 0.173 e. The Hall–Kier alpha value is -1.09. The molecule has 2 nitrogen and oxygen atoms in total. The lowest BCUT2D eigenvalue weighted by atomic mass is 9.75. The van der Waals surface area contributed by atoms with Crippen LogP contribution in [0.3, 0.4) is 0 Å². The first-order chi connectivity index (χ1) is 9.33. The summed E-state index contributed by atoms with van der Waals surface area (Å²) in [6.45, 7) is 2.28. The predicted molar refractivity (Wildman–Crippen MR) is 84.3 cm³/mol. The third-order valence-corrected chi connectivity index (χ3v) is 4.96. The highest BCUT2D eigenvalue weighted by Gasteiger charge is 2.31. The van der Waals surface area contributed by atoms with Gasteiger partial charge in [-0.1, -0.05) is 37.5 Å². The number of hydrogen-bond acceptors (Lipinski definition) is 1. The van der Waals surface area contributed by atoms with Crippen LogP contribution in [0, 0.1) is 11.8 Å². The zero-order chi connectivity index (χ0) is 13.1. The van der Waals surface area contributed by atoms with Crippen molar-refractivity contribution in [3.8, 4) is 0 Å². The predicted octanol–water partition coefficient (Wildman–Crippen LogP) is 3.90. The van der Waals surface area contributed by atoms with Crippen molar-refractivity contribution in [2.45, 2.75) is 32.1 Å². The summed E-state index contributed by atoms with van der Waals surface area (Å²) in [5, 5.41) is 4.26. The van der Waals surface area contributed by atoms with Gasteiger partial charge in [0.25, 0.3) is 0 Å². The molecule has 1 saturated carbocycles. The van der Waals surface area contributed by atoms with Gasteiger partial charge in [0.2, 0.25) is 0 Å². The number of fused-ring (bicyclic) bond motifs is 1. The highest BCUT2D eigenvalue weighted by Crippen LogP contribution is 2.36. The minimum absolute atomic E-state index is 0.873. The number of piperidine rings is 1. The molecule has 3 heteroatoms. The maximum absolute atomic E-state index is 5.56. The Bertz CT molecular complexity index is 432. The molecule has 1 aliphatic carbocycles. The van der Waals surface area contributed by atoms with Crippen molar-refractivity contribution in [1.29, 1.82) is 0 Å². The van der Waals surface area contributed by atoms with Crippen LogP contribution < -0.4 is 5.32 Å². The summed E-state index contributed by atoms with van der Waals surface area (Å²) in [5.74, 6) is 1.84. The SMILES string of the molecule is S=C(Nc1ccccc1)N1CC[C@H]2CCCC[C@H]2C1. The van der Waals surface area contributed by atoms with E-state index in [1.54, 1.807) is 0 Å². The summed E-state index contributed by atoms with van der Waals surface area (Å²) >= 11 is 5.56. The number of anilines is 1. The first-order valence-corrected chi connectivity index (χ1v) is 7.85. The second-order valence-corrected chi connectivity index (χ2v) is 6.22. The van der Waals surface area contributed by atoms with Gasteiger partial charge in [-0.25, -0.2) is 0 Å². The van der Waals surface area contributed by atoms with Gasteiger partial charge in [-0.15, -0.1) is 0 Å². The van der Waals surface area contributed by atoms with Gasteiger partial charge < -0.3 is 10.2 Å². The van der Waals surface area contributed by atoms with Crippen LogP contribution in [-0.4, -0.2) is 23.1 Å². The zero-order valence-corrected chi connectivity index (χ0v) is 12.2. The molecule has 2 atom stereocenters. The Morgan fingerprint density at radius 1 is 1.05 bits per heavy atom. The van der Waals surface area contributed by atoms with E-state index < -0.39 is 0 Å². The number of nitrogens with zero attached hydrogens (tertiary/aromatic N) is 1. The number of hydrogen-bond donors (Lipinski definition) is 1. The number of thiocarbonyl (C=S) groups is 1. The average Bonchev–Trinajstić information content (AvgIpc) is 2.48. The van der Waals surface area contributed by atoms with E-state index in [4.69, 9.17) is 12.2 Å². The number of nitrogens with one attached hydrogen (secondary N) is 1. The van der Waals surface area contributed by atoms with E-state index in [1.807, 2.05) is 18.2 Å². The molecule has 0 radical (unpaired) electrons. The van der Waals surface area contributed by atoms with E-state index in [9.17, 15) is 0 Å². The topological polar surface area (TPSA) is 15.3 Å².